The minimum Gasteiger partial charge on any atom is -0.461 e. The first-order chi connectivity index (χ1) is 27.4. The number of aliphatic hydroxyl groups excluding tert-OH is 1. The fourth-order valence-corrected chi connectivity index (χ4v) is 9.69. The van der Waals surface area contributed by atoms with Crippen molar-refractivity contribution in [2.75, 3.05) is 20.8 Å². The number of ketones is 1. The van der Waals surface area contributed by atoms with Crippen LogP contribution in [0.4, 0.5) is 4.79 Å². The van der Waals surface area contributed by atoms with E-state index in [1.165, 1.54) is 21.1 Å². The van der Waals surface area contributed by atoms with Crippen LogP contribution in [0.2, 0.25) is 0 Å². The second-order valence-corrected chi connectivity index (χ2v) is 18.7. The maximum Gasteiger partial charge on any atom is 0.509 e. The molecular formula is C43H72O16. The Hall–Kier alpha value is -2.44. The number of fused-ring (bicyclic) bond motifs is 1. The number of carbonyl (C=O) groups is 4. The molecule has 0 spiro atoms. The highest BCUT2D eigenvalue weighted by Gasteiger charge is 2.57. The van der Waals surface area contributed by atoms with Gasteiger partial charge in [0.05, 0.1) is 36.8 Å². The van der Waals surface area contributed by atoms with Gasteiger partial charge in [-0.25, -0.2) is 4.79 Å². The van der Waals surface area contributed by atoms with Crippen LogP contribution in [0, 0.1) is 41.4 Å². The Morgan fingerprint density at radius 3 is 2.10 bits per heavy atom. The van der Waals surface area contributed by atoms with Gasteiger partial charge >= 0.3 is 18.1 Å². The number of hydrogen-bond donors (Lipinski definition) is 2. The summed E-state index contributed by atoms with van der Waals surface area (Å²) in [5.41, 5.74) is -2.81. The number of Topliss-reactive ketones (excluding diaryl/α,β-unsaturated/α-hetero) is 1. The minimum atomic E-state index is -1.79. The van der Waals surface area contributed by atoms with Crippen LogP contribution in [0.25, 0.3) is 0 Å². The summed E-state index contributed by atoms with van der Waals surface area (Å²) in [6.07, 6.45) is -9.12. The van der Waals surface area contributed by atoms with Crippen molar-refractivity contribution in [1.29, 1.82) is 0 Å². The van der Waals surface area contributed by atoms with Gasteiger partial charge in [-0.05, 0) is 65.2 Å². The smallest absolute Gasteiger partial charge is 0.461 e. The molecule has 2 N–H and O–H groups in total. The number of methoxy groups -OCH3 is 2. The van der Waals surface area contributed by atoms with Crippen molar-refractivity contribution < 1.29 is 76.8 Å². The minimum absolute atomic E-state index is 0.0362. The van der Waals surface area contributed by atoms with E-state index in [0.717, 1.165) is 0 Å². The summed E-state index contributed by atoms with van der Waals surface area (Å²) >= 11 is 0. The van der Waals surface area contributed by atoms with E-state index in [2.05, 4.69) is 0 Å². The average Bonchev–Trinajstić information content (AvgIpc) is 3.46. The number of aliphatic hydroxyl groups is 2. The van der Waals surface area contributed by atoms with E-state index in [1.54, 1.807) is 41.5 Å². The summed E-state index contributed by atoms with van der Waals surface area (Å²) in [6, 6.07) is 0. The highest BCUT2D eigenvalue weighted by Crippen LogP contribution is 2.42. The largest absolute Gasteiger partial charge is 0.509 e. The fraction of sp³-hybridized carbons (Fsp3) is 0.907. The first-order valence-corrected chi connectivity index (χ1v) is 21.3. The molecule has 340 valence electrons. The molecule has 0 aromatic heterocycles. The topological polar surface area (TPSA) is 201 Å². The summed E-state index contributed by atoms with van der Waals surface area (Å²) < 4.78 is 59.9. The van der Waals surface area contributed by atoms with Crippen molar-refractivity contribution in [3.63, 3.8) is 0 Å². The fourth-order valence-electron chi connectivity index (χ4n) is 9.69. The Morgan fingerprint density at radius 2 is 1.49 bits per heavy atom. The lowest BCUT2D eigenvalue weighted by Gasteiger charge is -2.44. The van der Waals surface area contributed by atoms with Gasteiger partial charge in [-0.1, -0.05) is 48.5 Å². The predicted octanol–water partition coefficient (Wildman–Crippen LogP) is 4.75. The molecule has 4 rings (SSSR count). The van der Waals surface area contributed by atoms with Crippen LogP contribution >= 0.6 is 0 Å². The second-order valence-electron chi connectivity index (χ2n) is 18.7. The summed E-state index contributed by atoms with van der Waals surface area (Å²) in [4.78, 5) is 54.4. The molecule has 4 heterocycles. The van der Waals surface area contributed by atoms with Crippen molar-refractivity contribution in [2.45, 2.75) is 187 Å². The molecule has 0 radical (unpaired) electrons. The number of hydrogen-bond acceptors (Lipinski definition) is 16. The quantitative estimate of drug-likeness (QED) is 0.213. The zero-order valence-electron chi connectivity index (χ0n) is 37.5. The Bertz CT molecular complexity index is 1440. The van der Waals surface area contributed by atoms with Crippen LogP contribution < -0.4 is 0 Å². The van der Waals surface area contributed by atoms with Gasteiger partial charge in [0.1, 0.15) is 36.1 Å². The molecule has 4 saturated heterocycles. The van der Waals surface area contributed by atoms with Crippen LogP contribution in [0.1, 0.15) is 109 Å². The number of esters is 2. The molecule has 0 aromatic rings. The van der Waals surface area contributed by atoms with E-state index >= 15 is 0 Å². The standard InChI is InChI=1S/C43H72O16/c1-20(2)15-29(44)55-34-24(6)33(23(5)19-52-40-36(51-14)35(50-13)31(45)27(9)54-40)57-39(47)26(8)32(22(4)16-21(3)17-42(11,49)37(46)25(34)7)56-30-18-43(12)38(28(10)53-30)58-41(48)59-43/h20-28,30-36,38,40,45,49H,15-19H2,1-14H3/t21-,22-,23+,24+,25-,26-,27-,28+,30+,31-,32+,33-,34-,35-,36-,38+,40-,42+,43-/m1/s1. The van der Waals surface area contributed by atoms with Gasteiger partial charge in [0.25, 0.3) is 0 Å². The molecule has 4 fully saturated rings. The normalized spacial score (nSPS) is 44.5. The highest BCUT2D eigenvalue weighted by molar-refractivity contribution is 5.89. The number of ether oxygens (including phenoxy) is 10. The molecule has 59 heavy (non-hydrogen) atoms. The predicted molar refractivity (Wildman–Crippen MR) is 211 cm³/mol. The Balaban J connectivity index is 1.73. The molecule has 16 heteroatoms. The lowest BCUT2D eigenvalue weighted by Crippen LogP contribution is -2.59. The van der Waals surface area contributed by atoms with E-state index in [1.807, 2.05) is 34.6 Å². The monoisotopic (exact) mass is 844 g/mol. The van der Waals surface area contributed by atoms with Crippen LogP contribution in [-0.2, 0) is 61.8 Å². The maximum absolute atomic E-state index is 14.6. The molecule has 0 bridgehead atoms. The average molecular weight is 845 g/mol. The van der Waals surface area contributed by atoms with Gasteiger partial charge in [-0.15, -0.1) is 0 Å². The van der Waals surface area contributed by atoms with Gasteiger partial charge in [-0.3, -0.25) is 14.4 Å². The molecule has 4 aliphatic heterocycles. The number of carbonyl (C=O) groups excluding carboxylic acids is 4. The lowest BCUT2D eigenvalue weighted by molar-refractivity contribution is -0.305. The third-order valence-corrected chi connectivity index (χ3v) is 12.7. The SMILES string of the molecule is CO[C@@H]1[C@H](O)[C@@H](C)O[C@@H](OC[C@H](C)[C@H]2OC(=O)[C@H](C)[C@@H](O[C@H]3C[C@@]4(C)OC(=O)O[C@H]4[C@H](C)O3)[C@H](C)C[C@@H](C)C[C@](C)(O)C(=O)[C@H](C)[C@H](OC(=O)CC(C)C)[C@H]2C)[C@@H]1OC. The van der Waals surface area contributed by atoms with E-state index in [-0.39, 0.29) is 43.6 Å². The Morgan fingerprint density at radius 1 is 0.847 bits per heavy atom. The van der Waals surface area contributed by atoms with Gasteiger partial charge < -0.3 is 57.6 Å². The van der Waals surface area contributed by atoms with Gasteiger partial charge in [0.15, 0.2) is 30.1 Å². The summed E-state index contributed by atoms with van der Waals surface area (Å²) in [5.74, 6) is -5.44. The molecular weight excluding hydrogens is 772 g/mol. The van der Waals surface area contributed by atoms with E-state index in [4.69, 9.17) is 47.4 Å². The maximum atomic E-state index is 14.6. The third kappa shape index (κ3) is 11.5. The highest BCUT2D eigenvalue weighted by atomic mass is 16.8. The Labute approximate surface area is 349 Å². The van der Waals surface area contributed by atoms with Crippen molar-refractivity contribution in [3.8, 4) is 0 Å². The second kappa shape index (κ2) is 20.2. The van der Waals surface area contributed by atoms with Crippen molar-refractivity contribution in [1.82, 2.24) is 0 Å². The molecule has 0 unspecified atom stereocenters. The number of rotatable bonds is 11. The Kier molecular flexibility index (Phi) is 16.8. The van der Waals surface area contributed by atoms with Crippen LogP contribution in [-0.4, -0.2) is 134 Å². The third-order valence-electron chi connectivity index (χ3n) is 12.7. The zero-order valence-corrected chi connectivity index (χ0v) is 37.5. The summed E-state index contributed by atoms with van der Waals surface area (Å²) in [6.45, 7) is 21.2. The van der Waals surface area contributed by atoms with Gasteiger partial charge in [-0.2, -0.15) is 0 Å². The molecule has 0 aromatic carbocycles. The van der Waals surface area contributed by atoms with Crippen molar-refractivity contribution in [2.24, 2.45) is 41.4 Å². The number of cyclic esters (lactones) is 1. The van der Waals surface area contributed by atoms with Crippen LogP contribution in [0.15, 0.2) is 0 Å². The summed E-state index contributed by atoms with van der Waals surface area (Å²) in [5, 5.41) is 22.5. The molecule has 0 aliphatic carbocycles. The first kappa shape index (κ1) is 49.2. The van der Waals surface area contributed by atoms with Gasteiger partial charge in [0, 0.05) is 38.9 Å². The van der Waals surface area contributed by atoms with Crippen LogP contribution in [0.5, 0.6) is 0 Å². The molecule has 19 atom stereocenters. The lowest BCUT2D eigenvalue weighted by atomic mass is 9.75. The van der Waals surface area contributed by atoms with Gasteiger partial charge in [0.2, 0.25) is 0 Å². The molecule has 0 amide bonds. The van der Waals surface area contributed by atoms with E-state index < -0.39 is 126 Å². The first-order valence-electron chi connectivity index (χ1n) is 21.3. The summed E-state index contributed by atoms with van der Waals surface area (Å²) in [7, 11) is 2.92. The van der Waals surface area contributed by atoms with E-state index in [9.17, 15) is 29.4 Å². The zero-order chi connectivity index (χ0) is 44.3. The van der Waals surface area contributed by atoms with E-state index in [0.29, 0.717) is 6.42 Å². The molecule has 16 nitrogen and oxygen atoms in total. The van der Waals surface area contributed by atoms with Crippen molar-refractivity contribution >= 4 is 23.9 Å². The van der Waals surface area contributed by atoms with Crippen molar-refractivity contribution in [3.05, 3.63) is 0 Å². The van der Waals surface area contributed by atoms with Crippen LogP contribution in [0.3, 0.4) is 0 Å². The molecule has 0 saturated carbocycles. The molecule has 4 aliphatic rings.